The molecule has 1 aromatic heterocycles. The second-order valence-corrected chi connectivity index (χ2v) is 7.67. The Morgan fingerprint density at radius 3 is 2.43 bits per heavy atom. The minimum atomic E-state index is -0.445. The highest BCUT2D eigenvalue weighted by atomic mass is 35.5. The standard InChI is InChI=1S/C14H20ClN3O2S/c1-14(2,3)20-13(19)18-6-4-11(5-7-18)21-12-16-8-10(15)9-17-12/h8-9,11H,4-7H2,1-3H3. The fourth-order valence-electron chi connectivity index (χ4n) is 1.99. The number of halogens is 1. The summed E-state index contributed by atoms with van der Waals surface area (Å²) in [6.07, 6.45) is 4.80. The lowest BCUT2D eigenvalue weighted by Gasteiger charge is -2.32. The monoisotopic (exact) mass is 329 g/mol. The smallest absolute Gasteiger partial charge is 0.410 e. The average molecular weight is 330 g/mol. The van der Waals surface area contributed by atoms with Crippen molar-refractivity contribution < 1.29 is 9.53 Å². The van der Waals surface area contributed by atoms with Crippen LogP contribution >= 0.6 is 23.4 Å². The number of hydrogen-bond donors (Lipinski definition) is 0. The largest absolute Gasteiger partial charge is 0.444 e. The third kappa shape index (κ3) is 5.36. The number of nitrogens with zero attached hydrogens (tertiary/aromatic N) is 3. The Hall–Kier alpha value is -1.01. The van der Waals surface area contributed by atoms with Crippen molar-refractivity contribution in [1.29, 1.82) is 0 Å². The van der Waals surface area contributed by atoms with Gasteiger partial charge in [0.15, 0.2) is 5.16 Å². The number of hydrogen-bond acceptors (Lipinski definition) is 5. The number of piperidine rings is 1. The van der Waals surface area contributed by atoms with Crippen molar-refractivity contribution in [2.45, 2.75) is 49.6 Å². The summed E-state index contributed by atoms with van der Waals surface area (Å²) >= 11 is 7.41. The van der Waals surface area contributed by atoms with Gasteiger partial charge in [0.25, 0.3) is 0 Å². The second-order valence-electron chi connectivity index (χ2n) is 5.97. The number of ether oxygens (including phenoxy) is 1. The maximum atomic E-state index is 12.0. The number of likely N-dealkylation sites (tertiary alicyclic amines) is 1. The van der Waals surface area contributed by atoms with E-state index in [0.717, 1.165) is 18.0 Å². The molecule has 1 saturated heterocycles. The Labute approximate surface area is 134 Å². The molecule has 0 radical (unpaired) electrons. The maximum absolute atomic E-state index is 12.0. The van der Waals surface area contributed by atoms with E-state index in [1.807, 2.05) is 20.8 Å². The van der Waals surface area contributed by atoms with E-state index in [2.05, 4.69) is 9.97 Å². The lowest BCUT2D eigenvalue weighted by Crippen LogP contribution is -2.42. The number of carbonyl (C=O) groups excluding carboxylic acids is 1. The van der Waals surface area contributed by atoms with Crippen molar-refractivity contribution >= 4 is 29.5 Å². The summed E-state index contributed by atoms with van der Waals surface area (Å²) in [5.74, 6) is 0. The van der Waals surface area contributed by atoms with E-state index in [-0.39, 0.29) is 6.09 Å². The van der Waals surface area contributed by atoms with Gasteiger partial charge in [-0.05, 0) is 33.6 Å². The fourth-order valence-corrected chi connectivity index (χ4v) is 3.06. The highest BCUT2D eigenvalue weighted by molar-refractivity contribution is 7.99. The predicted octanol–water partition coefficient (Wildman–Crippen LogP) is 3.62. The quantitative estimate of drug-likeness (QED) is 0.776. The molecule has 7 heteroatoms. The van der Waals surface area contributed by atoms with Crippen molar-refractivity contribution in [2.75, 3.05) is 13.1 Å². The van der Waals surface area contributed by atoms with Gasteiger partial charge in [-0.15, -0.1) is 0 Å². The predicted molar refractivity (Wildman–Crippen MR) is 83.7 cm³/mol. The summed E-state index contributed by atoms with van der Waals surface area (Å²) in [5.41, 5.74) is -0.445. The van der Waals surface area contributed by atoms with Crippen LogP contribution in [0.1, 0.15) is 33.6 Å². The highest BCUT2D eigenvalue weighted by Gasteiger charge is 2.27. The Balaban J connectivity index is 1.80. The Morgan fingerprint density at radius 1 is 1.33 bits per heavy atom. The topological polar surface area (TPSA) is 55.3 Å². The molecule has 0 unspecified atom stereocenters. The zero-order chi connectivity index (χ0) is 15.5. The van der Waals surface area contributed by atoms with Crippen molar-refractivity contribution in [3.63, 3.8) is 0 Å². The van der Waals surface area contributed by atoms with Crippen molar-refractivity contribution in [3.05, 3.63) is 17.4 Å². The first-order chi connectivity index (χ1) is 9.83. The van der Waals surface area contributed by atoms with Gasteiger partial charge in [-0.2, -0.15) is 0 Å². The third-order valence-corrected chi connectivity index (χ3v) is 4.38. The van der Waals surface area contributed by atoms with Gasteiger partial charge in [0, 0.05) is 18.3 Å². The number of carbonyl (C=O) groups is 1. The van der Waals surface area contributed by atoms with Crippen LogP contribution < -0.4 is 0 Å². The molecule has 0 aliphatic carbocycles. The first kappa shape index (κ1) is 16.4. The Morgan fingerprint density at radius 2 is 1.90 bits per heavy atom. The summed E-state index contributed by atoms with van der Waals surface area (Å²) in [7, 11) is 0. The van der Waals surface area contributed by atoms with Gasteiger partial charge < -0.3 is 9.64 Å². The molecule has 0 saturated carbocycles. The lowest BCUT2D eigenvalue weighted by atomic mass is 10.1. The molecule has 2 heterocycles. The molecule has 1 aliphatic heterocycles. The van der Waals surface area contributed by atoms with Crippen LogP contribution in [0.4, 0.5) is 4.79 Å². The molecular formula is C14H20ClN3O2S. The first-order valence-corrected chi connectivity index (χ1v) is 8.21. The highest BCUT2D eigenvalue weighted by Crippen LogP contribution is 2.28. The van der Waals surface area contributed by atoms with Gasteiger partial charge in [0.2, 0.25) is 0 Å². The molecule has 1 aliphatic rings. The van der Waals surface area contributed by atoms with Gasteiger partial charge >= 0.3 is 6.09 Å². The van der Waals surface area contributed by atoms with E-state index >= 15 is 0 Å². The van der Waals surface area contributed by atoms with E-state index in [1.54, 1.807) is 29.1 Å². The molecule has 0 atom stereocenters. The third-order valence-electron chi connectivity index (χ3n) is 2.96. The molecule has 0 bridgehead atoms. The Kier molecular flexibility index (Phi) is 5.32. The van der Waals surface area contributed by atoms with Crippen LogP contribution in [0.2, 0.25) is 5.02 Å². The minimum absolute atomic E-state index is 0.228. The second kappa shape index (κ2) is 6.83. The van der Waals surface area contributed by atoms with Crippen LogP contribution in [0.25, 0.3) is 0 Å². The summed E-state index contributed by atoms with van der Waals surface area (Å²) < 4.78 is 5.38. The summed E-state index contributed by atoms with van der Waals surface area (Å²) in [5, 5.41) is 1.69. The molecule has 2 rings (SSSR count). The van der Waals surface area contributed by atoms with Gasteiger partial charge in [0.1, 0.15) is 5.60 Å². The fraction of sp³-hybridized carbons (Fsp3) is 0.643. The number of rotatable bonds is 2. The first-order valence-electron chi connectivity index (χ1n) is 6.95. The van der Waals surface area contributed by atoms with E-state index < -0.39 is 5.60 Å². The van der Waals surface area contributed by atoms with Crippen molar-refractivity contribution in [2.24, 2.45) is 0 Å². The summed E-state index contributed by atoms with van der Waals surface area (Å²) in [6, 6.07) is 0. The van der Waals surface area contributed by atoms with Gasteiger partial charge in [0.05, 0.1) is 17.4 Å². The van der Waals surface area contributed by atoms with Crippen LogP contribution in [0.15, 0.2) is 17.6 Å². The van der Waals surface area contributed by atoms with Gasteiger partial charge in [-0.25, -0.2) is 14.8 Å². The number of thioether (sulfide) groups is 1. The molecule has 1 amide bonds. The lowest BCUT2D eigenvalue weighted by molar-refractivity contribution is 0.0219. The Bertz CT molecular complexity index is 482. The number of amides is 1. The van der Waals surface area contributed by atoms with E-state index in [0.29, 0.717) is 23.4 Å². The van der Waals surface area contributed by atoms with Crippen LogP contribution in [0.3, 0.4) is 0 Å². The summed E-state index contributed by atoms with van der Waals surface area (Å²) in [4.78, 5) is 22.1. The summed E-state index contributed by atoms with van der Waals surface area (Å²) in [6.45, 7) is 7.06. The van der Waals surface area contributed by atoms with Crippen LogP contribution in [0.5, 0.6) is 0 Å². The van der Waals surface area contributed by atoms with Crippen LogP contribution in [-0.2, 0) is 4.74 Å². The maximum Gasteiger partial charge on any atom is 0.410 e. The number of aromatic nitrogens is 2. The van der Waals surface area contributed by atoms with Gasteiger partial charge in [-0.1, -0.05) is 23.4 Å². The van der Waals surface area contributed by atoms with Crippen LogP contribution in [-0.4, -0.2) is 44.9 Å². The zero-order valence-corrected chi connectivity index (χ0v) is 14.1. The van der Waals surface area contributed by atoms with Crippen LogP contribution in [0, 0.1) is 0 Å². The zero-order valence-electron chi connectivity index (χ0n) is 12.5. The average Bonchev–Trinajstić information content (AvgIpc) is 2.40. The molecule has 21 heavy (non-hydrogen) atoms. The van der Waals surface area contributed by atoms with Crippen molar-refractivity contribution in [3.8, 4) is 0 Å². The van der Waals surface area contributed by atoms with E-state index in [9.17, 15) is 4.79 Å². The molecule has 0 N–H and O–H groups in total. The van der Waals surface area contributed by atoms with Gasteiger partial charge in [-0.3, -0.25) is 0 Å². The van der Waals surface area contributed by atoms with Crippen molar-refractivity contribution in [1.82, 2.24) is 14.9 Å². The SMILES string of the molecule is CC(C)(C)OC(=O)N1CCC(Sc2ncc(Cl)cn2)CC1. The molecule has 1 aromatic rings. The normalized spacial score (nSPS) is 16.9. The molecule has 1 fully saturated rings. The minimum Gasteiger partial charge on any atom is -0.444 e. The molecule has 0 spiro atoms. The molecular weight excluding hydrogens is 310 g/mol. The molecule has 0 aromatic carbocycles. The van der Waals surface area contributed by atoms with E-state index in [4.69, 9.17) is 16.3 Å². The molecule has 5 nitrogen and oxygen atoms in total. The molecule has 116 valence electrons. The van der Waals surface area contributed by atoms with E-state index in [1.165, 1.54) is 0 Å².